The number of carbonyl (C=O) groups excluding carboxylic acids is 1. The minimum absolute atomic E-state index is 0.0900. The van der Waals surface area contributed by atoms with Crippen LogP contribution in [0, 0.1) is 11.6 Å². The van der Waals surface area contributed by atoms with Crippen LogP contribution < -0.4 is 5.32 Å². The van der Waals surface area contributed by atoms with E-state index in [0.29, 0.717) is 6.07 Å². The fourth-order valence-corrected chi connectivity index (χ4v) is 2.87. The summed E-state index contributed by atoms with van der Waals surface area (Å²) in [5, 5.41) is 1.72. The number of nitrogens with zero attached hydrogens (tertiary/aromatic N) is 1. The highest BCUT2D eigenvalue weighted by molar-refractivity contribution is 5.95. The van der Waals surface area contributed by atoms with E-state index in [1.54, 1.807) is 5.32 Å². The summed E-state index contributed by atoms with van der Waals surface area (Å²) in [4.78, 5) is 15.7. The third kappa shape index (κ3) is 5.01. The fourth-order valence-electron chi connectivity index (χ4n) is 2.87. The Balaban J connectivity index is 1.79. The smallest absolute Gasteiger partial charge is 0.346 e. The largest absolute Gasteiger partial charge is 0.417 e. The number of alkyl halides is 5. The molecule has 0 aliphatic carbocycles. The van der Waals surface area contributed by atoms with Gasteiger partial charge in [0.1, 0.15) is 11.6 Å². The van der Waals surface area contributed by atoms with E-state index >= 15 is 0 Å². The average molecular weight is 442 g/mol. The Morgan fingerprint density at radius 1 is 0.871 bits per heavy atom. The summed E-state index contributed by atoms with van der Waals surface area (Å²) in [6.45, 7) is -1.43. The van der Waals surface area contributed by atoms with Crippen molar-refractivity contribution in [3.63, 3.8) is 0 Å². The van der Waals surface area contributed by atoms with Gasteiger partial charge in [-0.3, -0.25) is 9.78 Å². The summed E-state index contributed by atoms with van der Waals surface area (Å²) < 4.78 is 95.5. The Hall–Kier alpha value is -3.43. The van der Waals surface area contributed by atoms with Gasteiger partial charge in [-0.05, 0) is 35.9 Å². The van der Waals surface area contributed by atoms with E-state index in [1.165, 1.54) is 6.20 Å². The quantitative estimate of drug-likeness (QED) is 0.526. The Bertz CT molecular complexity index is 1110. The molecule has 0 fully saturated rings. The molecule has 0 atom stereocenters. The maximum Gasteiger partial charge on any atom is 0.417 e. The van der Waals surface area contributed by atoms with Crippen LogP contribution in [0.4, 0.5) is 30.7 Å². The van der Waals surface area contributed by atoms with E-state index in [1.807, 2.05) is 0 Å². The van der Waals surface area contributed by atoms with Gasteiger partial charge >= 0.3 is 6.18 Å². The lowest BCUT2D eigenvalue weighted by Crippen LogP contribution is -2.36. The molecule has 0 bridgehead atoms. The lowest BCUT2D eigenvalue weighted by atomic mass is 10.0. The summed E-state index contributed by atoms with van der Waals surface area (Å²) in [5.74, 6) is -7.34. The minimum atomic E-state index is -4.86. The van der Waals surface area contributed by atoms with Gasteiger partial charge < -0.3 is 5.32 Å². The molecule has 1 aromatic heterocycles. The third-order valence-corrected chi connectivity index (χ3v) is 4.35. The van der Waals surface area contributed by atoms with Crippen molar-refractivity contribution in [3.05, 3.63) is 89.2 Å². The molecule has 2 aromatic carbocycles. The van der Waals surface area contributed by atoms with Crippen molar-refractivity contribution in [2.75, 3.05) is 6.54 Å². The number of carbonyl (C=O) groups is 1. The Labute approximate surface area is 171 Å². The predicted molar refractivity (Wildman–Crippen MR) is 97.3 cm³/mol. The Kier molecular flexibility index (Phi) is 6.01. The van der Waals surface area contributed by atoms with Crippen molar-refractivity contribution in [2.24, 2.45) is 0 Å². The van der Waals surface area contributed by atoms with Crippen LogP contribution in [-0.4, -0.2) is 17.4 Å². The molecule has 3 aromatic rings. The van der Waals surface area contributed by atoms with Crippen molar-refractivity contribution in [1.29, 1.82) is 0 Å². The normalized spacial score (nSPS) is 12.0. The van der Waals surface area contributed by atoms with Crippen molar-refractivity contribution in [2.45, 2.75) is 12.1 Å². The van der Waals surface area contributed by atoms with Gasteiger partial charge in [-0.1, -0.05) is 18.2 Å². The number of nitrogens with one attached hydrogen (secondary N) is 1. The maximum atomic E-state index is 14.5. The Morgan fingerprint density at radius 2 is 1.58 bits per heavy atom. The van der Waals surface area contributed by atoms with Crippen LogP contribution in [0.1, 0.15) is 21.5 Å². The van der Waals surface area contributed by atoms with Gasteiger partial charge in [0, 0.05) is 11.8 Å². The average Bonchev–Trinajstić information content (AvgIpc) is 2.71. The van der Waals surface area contributed by atoms with Gasteiger partial charge in [-0.25, -0.2) is 8.78 Å². The van der Waals surface area contributed by atoms with Crippen LogP contribution in [0.5, 0.6) is 0 Å². The lowest BCUT2D eigenvalue weighted by Gasteiger charge is -2.19. The van der Waals surface area contributed by atoms with Crippen LogP contribution in [0.15, 0.2) is 60.9 Å². The molecule has 1 heterocycles. The number of hydrogen-bond acceptors (Lipinski definition) is 2. The number of hydrogen-bond donors (Lipinski definition) is 1. The second-order valence-corrected chi connectivity index (χ2v) is 6.52. The van der Waals surface area contributed by atoms with Crippen molar-refractivity contribution < 1.29 is 35.5 Å². The summed E-state index contributed by atoms with van der Waals surface area (Å²) >= 11 is 0. The molecule has 0 aliphatic rings. The minimum Gasteiger partial charge on any atom is -0.346 e. The molecule has 3 rings (SSSR count). The molecule has 0 saturated heterocycles. The second-order valence-electron chi connectivity index (χ2n) is 6.52. The van der Waals surface area contributed by atoms with E-state index in [-0.39, 0.29) is 11.1 Å². The van der Waals surface area contributed by atoms with Crippen molar-refractivity contribution in [1.82, 2.24) is 10.3 Å². The lowest BCUT2D eigenvalue weighted by molar-refractivity contribution is -0.137. The van der Waals surface area contributed by atoms with E-state index in [4.69, 9.17) is 0 Å². The first-order valence-electron chi connectivity index (χ1n) is 8.72. The molecular formula is C21H13F7N2O. The summed E-state index contributed by atoms with van der Waals surface area (Å²) in [6.07, 6.45) is -2.72. The number of rotatable bonds is 5. The first-order valence-corrected chi connectivity index (χ1v) is 8.72. The molecular weight excluding hydrogens is 429 g/mol. The number of benzene rings is 2. The van der Waals surface area contributed by atoms with Crippen LogP contribution in [0.25, 0.3) is 11.1 Å². The van der Waals surface area contributed by atoms with Crippen molar-refractivity contribution >= 4 is 5.91 Å². The Morgan fingerprint density at radius 3 is 2.23 bits per heavy atom. The van der Waals surface area contributed by atoms with E-state index in [0.717, 1.165) is 48.7 Å². The van der Waals surface area contributed by atoms with Crippen LogP contribution in [0.3, 0.4) is 0 Å². The van der Waals surface area contributed by atoms with Gasteiger partial charge in [-0.15, -0.1) is 0 Å². The standard InChI is InChI=1S/C21H13F7N2O/c22-14-7-13(9-29-10-14)12-5-6-17(18(23)8-12)20(24,25)11-30-19(31)15-3-1-2-4-16(15)21(26,27)28/h1-10H,11H2,(H,30,31). The summed E-state index contributed by atoms with van der Waals surface area (Å²) in [7, 11) is 0. The first-order chi connectivity index (χ1) is 14.5. The van der Waals surface area contributed by atoms with Gasteiger partial charge in [0.15, 0.2) is 0 Å². The molecule has 0 spiro atoms. The number of aromatic nitrogens is 1. The molecule has 0 unspecified atom stereocenters. The summed E-state index contributed by atoms with van der Waals surface area (Å²) in [6, 6.07) is 7.36. The zero-order valence-electron chi connectivity index (χ0n) is 15.5. The molecule has 3 nitrogen and oxygen atoms in total. The van der Waals surface area contributed by atoms with Crippen LogP contribution in [0.2, 0.25) is 0 Å². The molecule has 0 saturated carbocycles. The number of halogens is 7. The third-order valence-electron chi connectivity index (χ3n) is 4.35. The van der Waals surface area contributed by atoms with Gasteiger partial charge in [0.2, 0.25) is 0 Å². The fraction of sp³-hybridized carbons (Fsp3) is 0.143. The summed E-state index contributed by atoms with van der Waals surface area (Å²) in [5.41, 5.74) is -2.95. The molecule has 1 amide bonds. The number of amides is 1. The second kappa shape index (κ2) is 8.37. The van der Waals surface area contributed by atoms with Gasteiger partial charge in [0.05, 0.1) is 29.4 Å². The maximum absolute atomic E-state index is 14.5. The highest BCUT2D eigenvalue weighted by atomic mass is 19.4. The van der Waals surface area contributed by atoms with E-state index in [2.05, 4.69) is 4.98 Å². The monoisotopic (exact) mass is 442 g/mol. The van der Waals surface area contributed by atoms with Crippen LogP contribution in [-0.2, 0) is 12.1 Å². The zero-order valence-corrected chi connectivity index (χ0v) is 15.5. The molecule has 0 aliphatic heterocycles. The molecule has 31 heavy (non-hydrogen) atoms. The highest BCUT2D eigenvalue weighted by Gasteiger charge is 2.38. The molecule has 10 heteroatoms. The van der Waals surface area contributed by atoms with Gasteiger partial charge in [-0.2, -0.15) is 22.0 Å². The predicted octanol–water partition coefficient (Wildman–Crippen LogP) is 5.57. The number of pyridine rings is 1. The zero-order chi connectivity index (χ0) is 22.8. The first kappa shape index (κ1) is 22.3. The van der Waals surface area contributed by atoms with Gasteiger partial charge in [0.25, 0.3) is 11.8 Å². The SMILES string of the molecule is O=C(NCC(F)(F)c1ccc(-c2cncc(F)c2)cc1F)c1ccccc1C(F)(F)F. The molecule has 1 N–H and O–H groups in total. The molecule has 0 radical (unpaired) electrons. The van der Waals surface area contributed by atoms with Crippen LogP contribution >= 0.6 is 0 Å². The van der Waals surface area contributed by atoms with E-state index in [9.17, 15) is 35.5 Å². The van der Waals surface area contributed by atoms with E-state index < -0.39 is 52.9 Å². The highest BCUT2D eigenvalue weighted by Crippen LogP contribution is 2.34. The molecule has 162 valence electrons. The van der Waals surface area contributed by atoms with Crippen molar-refractivity contribution in [3.8, 4) is 11.1 Å². The topological polar surface area (TPSA) is 42.0 Å².